The maximum atomic E-state index is 12.9. The molecule has 1 aromatic heterocycles. The zero-order valence-corrected chi connectivity index (χ0v) is 21.5. The minimum absolute atomic E-state index is 0.0255. The summed E-state index contributed by atoms with van der Waals surface area (Å²) in [4.78, 5) is 38.8. The van der Waals surface area contributed by atoms with Crippen molar-refractivity contribution in [2.45, 2.75) is 52.0 Å². The maximum absolute atomic E-state index is 12.9. The van der Waals surface area contributed by atoms with Gasteiger partial charge >= 0.3 is 5.97 Å². The van der Waals surface area contributed by atoms with Crippen LogP contribution < -0.4 is 5.32 Å². The van der Waals surface area contributed by atoms with Crippen molar-refractivity contribution in [1.29, 1.82) is 0 Å². The van der Waals surface area contributed by atoms with Gasteiger partial charge in [-0.05, 0) is 75.1 Å². The van der Waals surface area contributed by atoms with Crippen molar-refractivity contribution < 1.29 is 23.9 Å². The quantitative estimate of drug-likeness (QED) is 0.445. The van der Waals surface area contributed by atoms with Crippen molar-refractivity contribution >= 4 is 17.8 Å². The van der Waals surface area contributed by atoms with Gasteiger partial charge in [0, 0.05) is 51.5 Å². The molecule has 0 aliphatic carbocycles. The zero-order chi connectivity index (χ0) is 25.7. The van der Waals surface area contributed by atoms with Gasteiger partial charge in [-0.25, -0.2) is 4.79 Å². The molecular formula is C27H36N4O5. The lowest BCUT2D eigenvalue weighted by Gasteiger charge is -2.36. The van der Waals surface area contributed by atoms with Crippen LogP contribution >= 0.6 is 0 Å². The molecule has 1 aromatic carbocycles. The highest BCUT2D eigenvalue weighted by molar-refractivity contribution is 5.96. The molecular weight excluding hydrogens is 460 g/mol. The van der Waals surface area contributed by atoms with Gasteiger partial charge in [-0.2, -0.15) is 5.10 Å². The average molecular weight is 497 g/mol. The van der Waals surface area contributed by atoms with Gasteiger partial charge in [0.15, 0.2) is 0 Å². The molecule has 0 radical (unpaired) electrons. The summed E-state index contributed by atoms with van der Waals surface area (Å²) in [6.07, 6.45) is 4.93. The monoisotopic (exact) mass is 496 g/mol. The third-order valence-electron chi connectivity index (χ3n) is 7.19. The van der Waals surface area contributed by atoms with Crippen molar-refractivity contribution in [3.8, 4) is 0 Å². The van der Waals surface area contributed by atoms with Gasteiger partial charge in [-0.3, -0.25) is 14.3 Å². The third-order valence-corrected chi connectivity index (χ3v) is 7.19. The zero-order valence-electron chi connectivity index (χ0n) is 21.5. The number of ether oxygens (including phenoxy) is 2. The van der Waals surface area contributed by atoms with Gasteiger partial charge in [0.2, 0.25) is 0 Å². The first-order valence-corrected chi connectivity index (χ1v) is 12.8. The molecule has 0 atom stereocenters. The summed E-state index contributed by atoms with van der Waals surface area (Å²) in [6.45, 7) is 5.07. The van der Waals surface area contributed by atoms with Crippen molar-refractivity contribution in [2.75, 3.05) is 40.5 Å². The standard InChI is InChI=1S/C27H36N4O5/c1-4-31-23-21(17-27(18-28-24(23)32)12-15-35-16-13-27)22(29-31)7-5-6-14-36-26(34)20-10-8-19(9-11-20)25(33)30(2)3/h8-11H,4-7,12-18H2,1-3H3,(H,28,32). The Morgan fingerprint density at radius 3 is 2.50 bits per heavy atom. The smallest absolute Gasteiger partial charge is 0.338 e. The molecule has 2 amide bonds. The minimum Gasteiger partial charge on any atom is -0.462 e. The summed E-state index contributed by atoms with van der Waals surface area (Å²) < 4.78 is 12.9. The van der Waals surface area contributed by atoms with E-state index in [1.54, 1.807) is 38.4 Å². The Balaban J connectivity index is 1.33. The van der Waals surface area contributed by atoms with Crippen molar-refractivity contribution in [1.82, 2.24) is 20.0 Å². The van der Waals surface area contributed by atoms with E-state index in [2.05, 4.69) is 5.32 Å². The molecule has 1 fully saturated rings. The second-order valence-corrected chi connectivity index (χ2v) is 9.93. The fourth-order valence-corrected chi connectivity index (χ4v) is 5.02. The fourth-order valence-electron chi connectivity index (χ4n) is 5.02. The van der Waals surface area contributed by atoms with Crippen LogP contribution in [0.25, 0.3) is 0 Å². The van der Waals surface area contributed by atoms with E-state index in [0.717, 1.165) is 56.6 Å². The number of nitrogens with one attached hydrogen (secondary N) is 1. The molecule has 0 saturated carbocycles. The molecule has 9 nitrogen and oxygen atoms in total. The number of hydrogen-bond acceptors (Lipinski definition) is 6. The molecule has 3 heterocycles. The van der Waals surface area contributed by atoms with Crippen LogP contribution in [0.4, 0.5) is 0 Å². The van der Waals surface area contributed by atoms with Crippen LogP contribution in [-0.2, 0) is 28.9 Å². The van der Waals surface area contributed by atoms with Crippen LogP contribution in [0.5, 0.6) is 0 Å². The predicted molar refractivity (Wildman–Crippen MR) is 134 cm³/mol. The number of rotatable bonds is 8. The average Bonchev–Trinajstić information content (AvgIpc) is 3.16. The molecule has 0 bridgehead atoms. The van der Waals surface area contributed by atoms with Gasteiger partial charge in [-0.15, -0.1) is 0 Å². The highest BCUT2D eigenvalue weighted by atomic mass is 16.5. The number of carbonyl (C=O) groups is 3. The Labute approximate surface area is 212 Å². The van der Waals surface area contributed by atoms with E-state index in [4.69, 9.17) is 14.6 Å². The van der Waals surface area contributed by atoms with Crippen LogP contribution in [0, 0.1) is 5.41 Å². The molecule has 1 N–H and O–H groups in total. The number of aryl methyl sites for hydroxylation is 2. The van der Waals surface area contributed by atoms with E-state index in [1.165, 1.54) is 4.90 Å². The first-order chi connectivity index (χ1) is 17.3. The number of carbonyl (C=O) groups excluding carboxylic acids is 3. The minimum atomic E-state index is -0.402. The van der Waals surface area contributed by atoms with Crippen molar-refractivity contribution in [3.05, 3.63) is 52.3 Å². The summed E-state index contributed by atoms with van der Waals surface area (Å²) in [5.74, 6) is -0.555. The normalized spacial score (nSPS) is 16.7. The number of esters is 1. The summed E-state index contributed by atoms with van der Waals surface area (Å²) in [7, 11) is 3.37. The Bertz CT molecular complexity index is 1100. The number of amides is 2. The van der Waals surface area contributed by atoms with E-state index in [1.807, 2.05) is 11.6 Å². The van der Waals surface area contributed by atoms with Crippen molar-refractivity contribution in [2.24, 2.45) is 5.41 Å². The third kappa shape index (κ3) is 5.61. The molecule has 1 spiro atoms. The largest absolute Gasteiger partial charge is 0.462 e. The first kappa shape index (κ1) is 25.9. The molecule has 9 heteroatoms. The Kier molecular flexibility index (Phi) is 8.08. The number of unbranched alkanes of at least 4 members (excludes halogenated alkanes) is 1. The fraction of sp³-hybridized carbons (Fsp3) is 0.556. The summed E-state index contributed by atoms with van der Waals surface area (Å²) >= 11 is 0. The van der Waals surface area contributed by atoms with Crippen LogP contribution in [0.1, 0.15) is 75.1 Å². The van der Waals surface area contributed by atoms with Crippen LogP contribution in [-0.4, -0.2) is 72.9 Å². The van der Waals surface area contributed by atoms with Crippen molar-refractivity contribution in [3.63, 3.8) is 0 Å². The lowest BCUT2D eigenvalue weighted by molar-refractivity contribution is 0.0160. The summed E-state index contributed by atoms with van der Waals surface area (Å²) in [6, 6.07) is 6.50. The highest BCUT2D eigenvalue weighted by Crippen LogP contribution is 2.37. The number of nitrogens with zero attached hydrogens (tertiary/aromatic N) is 3. The molecule has 2 aliphatic heterocycles. The van der Waals surface area contributed by atoms with E-state index in [0.29, 0.717) is 42.9 Å². The topological polar surface area (TPSA) is 103 Å². The maximum Gasteiger partial charge on any atom is 0.338 e. The van der Waals surface area contributed by atoms with Crippen LogP contribution in [0.3, 0.4) is 0 Å². The lowest BCUT2D eigenvalue weighted by Crippen LogP contribution is -2.40. The number of hydrogen-bond donors (Lipinski definition) is 1. The van der Waals surface area contributed by atoms with Gasteiger partial charge in [0.25, 0.3) is 11.8 Å². The van der Waals surface area contributed by atoms with Gasteiger partial charge in [0.1, 0.15) is 5.69 Å². The molecule has 4 rings (SSSR count). The number of aromatic nitrogens is 2. The number of fused-ring (bicyclic) bond motifs is 1. The Morgan fingerprint density at radius 1 is 1.14 bits per heavy atom. The SMILES string of the molecule is CCn1nc(CCCCOC(=O)c2ccc(C(=O)N(C)C)cc2)c2c1C(=O)NCC1(CCOCC1)C2. The molecule has 2 aliphatic rings. The molecule has 2 aromatic rings. The lowest BCUT2D eigenvalue weighted by atomic mass is 9.75. The Morgan fingerprint density at radius 2 is 1.83 bits per heavy atom. The van der Waals surface area contributed by atoms with Crippen LogP contribution in [0.15, 0.2) is 24.3 Å². The predicted octanol–water partition coefficient (Wildman–Crippen LogP) is 2.87. The highest BCUT2D eigenvalue weighted by Gasteiger charge is 2.39. The molecule has 0 unspecified atom stereocenters. The second-order valence-electron chi connectivity index (χ2n) is 9.93. The van der Waals surface area contributed by atoms with Gasteiger partial charge in [0.05, 0.1) is 17.9 Å². The van der Waals surface area contributed by atoms with Crippen LogP contribution in [0.2, 0.25) is 0 Å². The van der Waals surface area contributed by atoms with E-state index in [-0.39, 0.29) is 17.2 Å². The summed E-state index contributed by atoms with van der Waals surface area (Å²) in [5.41, 5.74) is 3.71. The molecule has 194 valence electrons. The van der Waals surface area contributed by atoms with Gasteiger partial charge < -0.3 is 19.7 Å². The first-order valence-electron chi connectivity index (χ1n) is 12.8. The van der Waals surface area contributed by atoms with E-state index in [9.17, 15) is 14.4 Å². The van der Waals surface area contributed by atoms with E-state index < -0.39 is 5.97 Å². The molecule has 1 saturated heterocycles. The number of benzene rings is 1. The van der Waals surface area contributed by atoms with E-state index >= 15 is 0 Å². The van der Waals surface area contributed by atoms with Gasteiger partial charge in [-0.1, -0.05) is 0 Å². The second kappa shape index (κ2) is 11.2. The Hall–Kier alpha value is -3.20. The summed E-state index contributed by atoms with van der Waals surface area (Å²) in [5, 5.41) is 7.92. The molecule has 36 heavy (non-hydrogen) atoms.